The summed E-state index contributed by atoms with van der Waals surface area (Å²) in [4.78, 5) is 13.2. The quantitative estimate of drug-likeness (QED) is 0.692. The van der Waals surface area contributed by atoms with Crippen LogP contribution in [0, 0.1) is 0 Å². The number of nitrogens with zero attached hydrogens (tertiary/aromatic N) is 1. The summed E-state index contributed by atoms with van der Waals surface area (Å²) in [7, 11) is 1.77. The lowest BCUT2D eigenvalue weighted by Gasteiger charge is -2.24. The molecule has 108 valence electrons. The first-order valence-corrected chi connectivity index (χ1v) is 7.90. The number of ether oxygens (including phenoxy) is 1. The van der Waals surface area contributed by atoms with Gasteiger partial charge < -0.3 is 15.0 Å². The fourth-order valence-electron chi connectivity index (χ4n) is 1.30. The van der Waals surface area contributed by atoms with Gasteiger partial charge in [0.1, 0.15) is 5.60 Å². The lowest BCUT2D eigenvalue weighted by Crippen LogP contribution is -2.38. The normalized spacial score (nSPS) is 11.4. The molecular weight excluding hydrogens is 248 g/mol. The van der Waals surface area contributed by atoms with E-state index in [0.29, 0.717) is 6.54 Å². The van der Waals surface area contributed by atoms with E-state index in [1.165, 1.54) is 18.6 Å². The van der Waals surface area contributed by atoms with Crippen molar-refractivity contribution in [3.8, 4) is 0 Å². The van der Waals surface area contributed by atoms with E-state index in [0.717, 1.165) is 13.1 Å². The Balaban J connectivity index is 3.52. The molecule has 0 aliphatic carbocycles. The summed E-state index contributed by atoms with van der Waals surface area (Å²) in [5, 5.41) is 3.33. The van der Waals surface area contributed by atoms with Crippen LogP contribution in [0.1, 0.15) is 33.6 Å². The lowest BCUT2D eigenvalue weighted by atomic mass is 10.2. The molecule has 0 saturated heterocycles. The van der Waals surface area contributed by atoms with E-state index in [2.05, 4.69) is 11.6 Å². The Morgan fingerprint density at radius 3 is 2.50 bits per heavy atom. The summed E-state index contributed by atoms with van der Waals surface area (Å²) in [6.07, 6.45) is 4.31. The number of unbranched alkanes of at least 4 members (excludes halogenated alkanes) is 1. The number of hydrogen-bond donors (Lipinski definition) is 1. The van der Waals surface area contributed by atoms with Crippen LogP contribution < -0.4 is 5.32 Å². The number of likely N-dealkylation sites (N-methyl/N-ethyl adjacent to an activating group) is 1. The molecule has 0 rings (SSSR count). The number of carbonyl (C=O) groups excluding carboxylic acids is 1. The van der Waals surface area contributed by atoms with Crippen molar-refractivity contribution < 1.29 is 9.53 Å². The number of amides is 1. The fourth-order valence-corrected chi connectivity index (χ4v) is 1.79. The summed E-state index contributed by atoms with van der Waals surface area (Å²) in [5.74, 6) is 1.22. The van der Waals surface area contributed by atoms with Crippen LogP contribution in [0.2, 0.25) is 0 Å². The van der Waals surface area contributed by atoms with Gasteiger partial charge in [0.05, 0.1) is 0 Å². The van der Waals surface area contributed by atoms with Gasteiger partial charge in [-0.2, -0.15) is 11.8 Å². The molecule has 0 saturated carbocycles. The van der Waals surface area contributed by atoms with Crippen molar-refractivity contribution in [3.05, 3.63) is 0 Å². The molecule has 1 amide bonds. The maximum atomic E-state index is 11.6. The Hall–Kier alpha value is -0.420. The minimum atomic E-state index is -0.420. The predicted octanol–water partition coefficient (Wildman–Crippen LogP) is 2.59. The first-order chi connectivity index (χ1) is 8.37. The molecule has 0 spiro atoms. The Morgan fingerprint density at radius 2 is 1.94 bits per heavy atom. The van der Waals surface area contributed by atoms with Crippen LogP contribution in [-0.2, 0) is 4.74 Å². The second-order valence-corrected chi connectivity index (χ2v) is 6.34. The minimum absolute atomic E-state index is 0.258. The molecule has 0 aliphatic heterocycles. The van der Waals surface area contributed by atoms with Crippen molar-refractivity contribution in [2.45, 2.75) is 39.2 Å². The third kappa shape index (κ3) is 10.7. The van der Waals surface area contributed by atoms with Gasteiger partial charge in [-0.25, -0.2) is 4.79 Å². The molecule has 0 heterocycles. The topological polar surface area (TPSA) is 41.6 Å². The van der Waals surface area contributed by atoms with E-state index in [-0.39, 0.29) is 6.09 Å². The summed E-state index contributed by atoms with van der Waals surface area (Å²) in [6.45, 7) is 8.14. The van der Waals surface area contributed by atoms with Crippen LogP contribution >= 0.6 is 11.8 Å². The van der Waals surface area contributed by atoms with Gasteiger partial charge in [-0.05, 0) is 52.2 Å². The van der Waals surface area contributed by atoms with Gasteiger partial charge in [0.15, 0.2) is 0 Å². The average Bonchev–Trinajstić information content (AvgIpc) is 2.25. The number of rotatable bonds is 8. The van der Waals surface area contributed by atoms with Crippen LogP contribution in [0.5, 0.6) is 0 Å². The monoisotopic (exact) mass is 276 g/mol. The third-order valence-electron chi connectivity index (χ3n) is 2.28. The third-order valence-corrected chi connectivity index (χ3v) is 2.98. The van der Waals surface area contributed by atoms with Crippen molar-refractivity contribution in [1.82, 2.24) is 10.2 Å². The molecule has 0 unspecified atom stereocenters. The largest absolute Gasteiger partial charge is 0.444 e. The zero-order chi connectivity index (χ0) is 14.0. The molecule has 0 aromatic heterocycles. The second kappa shape index (κ2) is 9.50. The van der Waals surface area contributed by atoms with E-state index in [1.54, 1.807) is 11.9 Å². The number of carbonyl (C=O) groups is 1. The summed E-state index contributed by atoms with van der Waals surface area (Å²) in [6, 6.07) is 0. The number of nitrogens with one attached hydrogen (secondary N) is 1. The molecule has 18 heavy (non-hydrogen) atoms. The summed E-state index contributed by atoms with van der Waals surface area (Å²) >= 11 is 1.88. The SMILES string of the molecule is CSCCCCNCCN(C)C(=O)OC(C)(C)C. The molecule has 5 heteroatoms. The molecule has 0 fully saturated rings. The van der Waals surface area contributed by atoms with E-state index < -0.39 is 5.60 Å². The molecule has 0 aromatic rings. The van der Waals surface area contributed by atoms with Crippen LogP contribution in [0.3, 0.4) is 0 Å². The zero-order valence-corrected chi connectivity index (χ0v) is 13.2. The van der Waals surface area contributed by atoms with E-state index >= 15 is 0 Å². The molecule has 0 atom stereocenters. The van der Waals surface area contributed by atoms with Crippen molar-refractivity contribution >= 4 is 17.9 Å². The average molecular weight is 276 g/mol. The first-order valence-electron chi connectivity index (χ1n) is 6.50. The van der Waals surface area contributed by atoms with Crippen molar-refractivity contribution in [2.24, 2.45) is 0 Å². The van der Waals surface area contributed by atoms with Gasteiger partial charge >= 0.3 is 6.09 Å². The van der Waals surface area contributed by atoms with Gasteiger partial charge in [-0.1, -0.05) is 0 Å². The van der Waals surface area contributed by atoms with Crippen LogP contribution in [0.25, 0.3) is 0 Å². The molecule has 0 aromatic carbocycles. The first kappa shape index (κ1) is 17.6. The van der Waals surface area contributed by atoms with Crippen molar-refractivity contribution in [3.63, 3.8) is 0 Å². The molecule has 0 aliphatic rings. The van der Waals surface area contributed by atoms with E-state index in [4.69, 9.17) is 4.74 Å². The molecule has 0 radical (unpaired) electrons. The molecule has 0 bridgehead atoms. The van der Waals surface area contributed by atoms with Gasteiger partial charge in [-0.15, -0.1) is 0 Å². The smallest absolute Gasteiger partial charge is 0.410 e. The predicted molar refractivity (Wildman–Crippen MR) is 79.3 cm³/mol. The fraction of sp³-hybridized carbons (Fsp3) is 0.923. The molecule has 1 N–H and O–H groups in total. The molecule has 4 nitrogen and oxygen atoms in total. The Morgan fingerprint density at radius 1 is 1.28 bits per heavy atom. The maximum absolute atomic E-state index is 11.6. The van der Waals surface area contributed by atoms with Crippen LogP contribution in [-0.4, -0.2) is 55.3 Å². The van der Waals surface area contributed by atoms with E-state index in [9.17, 15) is 4.79 Å². The van der Waals surface area contributed by atoms with Crippen molar-refractivity contribution in [2.75, 3.05) is 38.7 Å². The van der Waals surface area contributed by atoms with Crippen molar-refractivity contribution in [1.29, 1.82) is 0 Å². The highest BCUT2D eigenvalue weighted by molar-refractivity contribution is 7.98. The Labute approximate surface area is 116 Å². The summed E-state index contributed by atoms with van der Waals surface area (Å²) < 4.78 is 5.27. The molecular formula is C13H28N2O2S. The number of hydrogen-bond acceptors (Lipinski definition) is 4. The highest BCUT2D eigenvalue weighted by Crippen LogP contribution is 2.08. The Kier molecular flexibility index (Phi) is 9.28. The number of thioether (sulfide) groups is 1. The van der Waals surface area contributed by atoms with Crippen LogP contribution in [0.4, 0.5) is 4.79 Å². The lowest BCUT2D eigenvalue weighted by molar-refractivity contribution is 0.0300. The highest BCUT2D eigenvalue weighted by Gasteiger charge is 2.18. The van der Waals surface area contributed by atoms with Gasteiger partial charge in [0, 0.05) is 20.1 Å². The van der Waals surface area contributed by atoms with Gasteiger partial charge in [0.25, 0.3) is 0 Å². The Bertz CT molecular complexity index is 230. The zero-order valence-electron chi connectivity index (χ0n) is 12.4. The standard InChI is InChI=1S/C13H28N2O2S/c1-13(2,3)17-12(16)15(4)10-9-14-8-6-7-11-18-5/h14H,6-11H2,1-5H3. The minimum Gasteiger partial charge on any atom is -0.444 e. The summed E-state index contributed by atoms with van der Waals surface area (Å²) in [5.41, 5.74) is -0.420. The van der Waals surface area contributed by atoms with E-state index in [1.807, 2.05) is 32.5 Å². The van der Waals surface area contributed by atoms with Crippen LogP contribution in [0.15, 0.2) is 0 Å². The van der Waals surface area contributed by atoms with Gasteiger partial charge in [-0.3, -0.25) is 0 Å². The highest BCUT2D eigenvalue weighted by atomic mass is 32.2. The maximum Gasteiger partial charge on any atom is 0.410 e. The van der Waals surface area contributed by atoms with Gasteiger partial charge in [0.2, 0.25) is 0 Å². The second-order valence-electron chi connectivity index (χ2n) is 5.35.